The highest BCUT2D eigenvalue weighted by atomic mass is 35.5. The molecule has 0 atom stereocenters. The molecule has 1 heterocycles. The zero-order chi connectivity index (χ0) is 19.0. The number of nitrogens with two attached hydrogens (primary N) is 1. The first kappa shape index (κ1) is 20.8. The smallest absolute Gasteiger partial charge is 0.339 e. The predicted molar refractivity (Wildman–Crippen MR) is 91.8 cm³/mol. The number of aliphatic carboxylic acids is 1. The Labute approximate surface area is 147 Å². The number of hydrogen-bond donors (Lipinski definition) is 5. The van der Waals surface area contributed by atoms with Crippen LogP contribution in [0.25, 0.3) is 5.69 Å². The second kappa shape index (κ2) is 9.30. The fourth-order valence-electron chi connectivity index (χ4n) is 1.51. The lowest BCUT2D eigenvalue weighted by molar-refractivity contribution is -0.135. The topological polar surface area (TPSA) is 168 Å². The summed E-state index contributed by atoms with van der Waals surface area (Å²) >= 11 is 5.73. The summed E-state index contributed by atoms with van der Waals surface area (Å²) in [6.45, 7) is -0.439. The summed E-state index contributed by atoms with van der Waals surface area (Å²) in [6, 6.07) is 9.01. The second-order valence-corrected chi connectivity index (χ2v) is 6.63. The molecule has 0 saturated heterocycles. The van der Waals surface area contributed by atoms with Crippen LogP contribution in [0.5, 0.6) is 0 Å². The second-order valence-electron chi connectivity index (χ2n) is 4.61. The average molecular weight is 391 g/mol. The number of carboxylic acid groups (broad SMARTS) is 1. The normalized spacial score (nSPS) is 10.7. The molecule has 6 N–H and O–H groups in total. The molecule has 2 rings (SSSR count). The molecule has 0 unspecified atom stereocenters. The minimum atomic E-state index is -4.10. The van der Waals surface area contributed by atoms with Crippen molar-refractivity contribution in [3.05, 3.63) is 51.9 Å². The minimum absolute atomic E-state index is 0.00569. The quantitative estimate of drug-likeness (QED) is 0.450. The Morgan fingerprint density at radius 1 is 1.32 bits per heavy atom. The van der Waals surface area contributed by atoms with Gasteiger partial charge in [-0.15, -0.1) is 0 Å². The first-order valence-corrected chi connectivity index (χ1v) is 8.85. The maximum atomic E-state index is 11.7. The van der Waals surface area contributed by atoms with Crippen LogP contribution < -0.4 is 16.6 Å². The van der Waals surface area contributed by atoms with Gasteiger partial charge >= 0.3 is 13.6 Å². The minimum Gasteiger partial charge on any atom is -0.480 e. The van der Waals surface area contributed by atoms with E-state index in [-0.39, 0.29) is 10.7 Å². The maximum Gasteiger partial charge on any atom is 0.339 e. The van der Waals surface area contributed by atoms with Crippen LogP contribution in [0.4, 0.5) is 5.69 Å². The molecular formula is C13H16ClN4O6P. The molecule has 12 heteroatoms. The van der Waals surface area contributed by atoms with Gasteiger partial charge in [0.15, 0.2) is 0 Å². The van der Waals surface area contributed by atoms with Crippen molar-refractivity contribution < 1.29 is 24.3 Å². The highest BCUT2D eigenvalue weighted by Gasteiger charge is 2.11. The number of anilines is 1. The van der Waals surface area contributed by atoms with E-state index in [4.69, 9.17) is 32.2 Å². The van der Waals surface area contributed by atoms with E-state index in [9.17, 15) is 14.2 Å². The number of aromatic nitrogens is 2. The van der Waals surface area contributed by atoms with Gasteiger partial charge in [-0.2, -0.15) is 9.78 Å². The van der Waals surface area contributed by atoms with E-state index in [1.807, 2.05) is 18.2 Å². The van der Waals surface area contributed by atoms with Gasteiger partial charge in [0.1, 0.15) is 5.02 Å². The Balaban J connectivity index is 0.000000275. The first-order valence-electron chi connectivity index (χ1n) is 6.67. The lowest BCUT2D eigenvalue weighted by atomic mass is 10.3. The zero-order valence-electron chi connectivity index (χ0n) is 12.7. The van der Waals surface area contributed by atoms with Gasteiger partial charge in [0.25, 0.3) is 5.56 Å². The molecule has 0 aliphatic rings. The van der Waals surface area contributed by atoms with E-state index in [2.05, 4.69) is 10.4 Å². The van der Waals surface area contributed by atoms with Gasteiger partial charge in [0.2, 0.25) is 0 Å². The fourth-order valence-corrected chi connectivity index (χ4v) is 2.04. The third kappa shape index (κ3) is 7.46. The Morgan fingerprint density at radius 2 is 1.92 bits per heavy atom. The van der Waals surface area contributed by atoms with Gasteiger partial charge in [-0.25, -0.2) is 0 Å². The van der Waals surface area contributed by atoms with Gasteiger partial charge in [-0.05, 0) is 12.1 Å². The maximum absolute atomic E-state index is 11.7. The molecule has 0 fully saturated rings. The van der Waals surface area contributed by atoms with Crippen LogP contribution in [0.3, 0.4) is 0 Å². The van der Waals surface area contributed by atoms with Gasteiger partial charge in [-0.3, -0.25) is 19.5 Å². The number of carboxylic acids is 1. The molecule has 0 bridgehead atoms. The van der Waals surface area contributed by atoms with E-state index in [0.29, 0.717) is 5.69 Å². The summed E-state index contributed by atoms with van der Waals surface area (Å²) in [4.78, 5) is 37.8. The van der Waals surface area contributed by atoms with Crippen LogP contribution in [0.2, 0.25) is 5.02 Å². The van der Waals surface area contributed by atoms with Crippen LogP contribution in [-0.2, 0) is 9.36 Å². The number of hydrogen-bond acceptors (Lipinski definition) is 6. The van der Waals surface area contributed by atoms with Gasteiger partial charge in [-0.1, -0.05) is 29.8 Å². The van der Waals surface area contributed by atoms with Crippen molar-refractivity contribution in [1.82, 2.24) is 15.1 Å². The molecule has 0 spiro atoms. The molecule has 0 amide bonds. The predicted octanol–water partition coefficient (Wildman–Crippen LogP) is 0.264. The van der Waals surface area contributed by atoms with E-state index in [1.165, 1.54) is 10.9 Å². The molecule has 2 aromatic rings. The summed E-state index contributed by atoms with van der Waals surface area (Å²) < 4.78 is 11.3. The summed E-state index contributed by atoms with van der Waals surface area (Å²) in [6.07, 6.45) is 0.760. The largest absolute Gasteiger partial charge is 0.480 e. The van der Waals surface area contributed by atoms with E-state index in [1.54, 1.807) is 12.1 Å². The van der Waals surface area contributed by atoms with Crippen LogP contribution in [-0.4, -0.2) is 43.5 Å². The molecule has 25 heavy (non-hydrogen) atoms. The van der Waals surface area contributed by atoms with Gasteiger partial charge < -0.3 is 20.6 Å². The van der Waals surface area contributed by atoms with E-state index >= 15 is 0 Å². The van der Waals surface area contributed by atoms with Crippen molar-refractivity contribution in [3.8, 4) is 5.69 Å². The summed E-state index contributed by atoms with van der Waals surface area (Å²) in [5, 5.41) is 14.0. The lowest BCUT2D eigenvalue weighted by Crippen LogP contribution is -2.23. The number of nitrogens with zero attached hydrogens (tertiary/aromatic N) is 2. The number of halogens is 1. The molecule has 0 aliphatic carbocycles. The monoisotopic (exact) mass is 390 g/mol. The highest BCUT2D eigenvalue weighted by molar-refractivity contribution is 7.51. The van der Waals surface area contributed by atoms with Crippen molar-refractivity contribution in [2.45, 2.75) is 0 Å². The molecule has 0 saturated carbocycles. The molecule has 1 aromatic carbocycles. The number of benzene rings is 1. The van der Waals surface area contributed by atoms with Crippen LogP contribution in [0, 0.1) is 0 Å². The Kier molecular flexibility index (Phi) is 7.75. The molecule has 10 nitrogen and oxygen atoms in total. The van der Waals surface area contributed by atoms with Crippen molar-refractivity contribution >= 4 is 30.9 Å². The molecular weight excluding hydrogens is 375 g/mol. The zero-order valence-corrected chi connectivity index (χ0v) is 14.4. The third-order valence-electron chi connectivity index (χ3n) is 2.54. The number of nitrogens with one attached hydrogen (secondary N) is 1. The third-order valence-corrected chi connectivity index (χ3v) is 3.56. The first-order chi connectivity index (χ1) is 11.6. The average Bonchev–Trinajstić information content (AvgIpc) is 2.53. The number of nitrogen functional groups attached to an aromatic ring is 1. The molecule has 1 aromatic heterocycles. The van der Waals surface area contributed by atoms with Gasteiger partial charge in [0.05, 0.1) is 30.4 Å². The van der Waals surface area contributed by atoms with E-state index < -0.39 is 32.0 Å². The summed E-state index contributed by atoms with van der Waals surface area (Å²) in [5.74, 6) is -1.14. The Hall–Kier alpha value is -2.23. The van der Waals surface area contributed by atoms with Crippen molar-refractivity contribution in [2.75, 3.05) is 18.6 Å². The van der Waals surface area contributed by atoms with Gasteiger partial charge in [0, 0.05) is 0 Å². The highest BCUT2D eigenvalue weighted by Crippen LogP contribution is 2.31. The number of carbonyl (C=O) groups is 1. The number of para-hydroxylation sites is 1. The Bertz CT molecular complexity index is 823. The van der Waals surface area contributed by atoms with Crippen molar-refractivity contribution in [3.63, 3.8) is 0 Å². The van der Waals surface area contributed by atoms with Crippen molar-refractivity contribution in [2.24, 2.45) is 0 Å². The van der Waals surface area contributed by atoms with Crippen molar-refractivity contribution in [1.29, 1.82) is 0 Å². The van der Waals surface area contributed by atoms with Crippen LogP contribution in [0.1, 0.15) is 0 Å². The Morgan fingerprint density at radius 3 is 2.44 bits per heavy atom. The summed E-state index contributed by atoms with van der Waals surface area (Å²) in [5.41, 5.74) is 5.89. The van der Waals surface area contributed by atoms with Crippen LogP contribution in [0.15, 0.2) is 41.3 Å². The standard InChI is InChI=1S/C10H8ClN3O.C3H8NO5P/c11-9-8(12)6-13-14(10(9)15)7-4-2-1-3-5-7;5-3(6)1-4-2-10(7,8)9/h1-6H,12H2;4H,1-2H2,(H,5,6)(H2,7,8,9). The molecule has 136 valence electrons. The SMILES string of the molecule is Nc1cnn(-c2ccccc2)c(=O)c1Cl.O=C(O)CNCP(=O)(O)O. The van der Waals surface area contributed by atoms with Crippen LogP contribution >= 0.6 is 19.2 Å². The summed E-state index contributed by atoms with van der Waals surface area (Å²) in [7, 11) is -4.10. The molecule has 0 aliphatic heterocycles. The lowest BCUT2D eigenvalue weighted by Gasteiger charge is -2.04. The fraction of sp³-hybridized carbons (Fsp3) is 0.154. The molecule has 0 radical (unpaired) electrons. The van der Waals surface area contributed by atoms with E-state index in [0.717, 1.165) is 0 Å². The number of rotatable bonds is 5.